The lowest BCUT2D eigenvalue weighted by Gasteiger charge is -2.17. The molecule has 0 radical (unpaired) electrons. The van der Waals surface area contributed by atoms with Crippen molar-refractivity contribution in [1.29, 1.82) is 0 Å². The van der Waals surface area contributed by atoms with Crippen LogP contribution in [-0.2, 0) is 4.79 Å². The number of carbonyl (C=O) groups excluding carboxylic acids is 1. The molecule has 1 atom stereocenters. The van der Waals surface area contributed by atoms with Crippen LogP contribution in [0, 0.1) is 0 Å². The number of amides is 1. The summed E-state index contributed by atoms with van der Waals surface area (Å²) in [5, 5.41) is 2.91. The first-order chi connectivity index (χ1) is 11.8. The van der Waals surface area contributed by atoms with E-state index in [1.807, 2.05) is 48.5 Å². The molecule has 0 aliphatic carbocycles. The first-order valence-electron chi connectivity index (χ1n) is 8.85. The Labute approximate surface area is 150 Å². The molecular weight excluding hydrogens is 314 g/mol. The fourth-order valence-electron chi connectivity index (χ4n) is 2.57. The van der Waals surface area contributed by atoms with Crippen LogP contribution < -0.4 is 5.32 Å². The van der Waals surface area contributed by atoms with Crippen LogP contribution in [0.15, 0.2) is 65.6 Å². The van der Waals surface area contributed by atoms with Crippen LogP contribution in [0.2, 0.25) is 0 Å². The maximum Gasteiger partial charge on any atom is 0.237 e. The van der Waals surface area contributed by atoms with Crippen LogP contribution in [0.1, 0.15) is 49.8 Å². The first-order valence-corrected chi connectivity index (χ1v) is 9.73. The normalized spacial score (nSPS) is 11.9. The van der Waals surface area contributed by atoms with Gasteiger partial charge in [0.15, 0.2) is 0 Å². The maximum atomic E-state index is 12.7. The van der Waals surface area contributed by atoms with Gasteiger partial charge in [0.1, 0.15) is 5.25 Å². The number of benzene rings is 2. The Morgan fingerprint density at radius 1 is 0.917 bits per heavy atom. The largest absolute Gasteiger partial charge is 0.355 e. The molecule has 1 amide bonds. The summed E-state index contributed by atoms with van der Waals surface area (Å²) in [5.74, 6) is 0.102. The van der Waals surface area contributed by atoms with Gasteiger partial charge in [-0.2, -0.15) is 0 Å². The number of unbranched alkanes of at least 4 members (excludes halogenated alkanes) is 4. The molecule has 0 saturated heterocycles. The van der Waals surface area contributed by atoms with E-state index in [0.29, 0.717) is 0 Å². The molecule has 1 unspecified atom stereocenters. The lowest BCUT2D eigenvalue weighted by molar-refractivity contribution is -0.120. The van der Waals surface area contributed by atoms with E-state index < -0.39 is 0 Å². The Kier molecular flexibility index (Phi) is 8.47. The van der Waals surface area contributed by atoms with E-state index in [0.717, 1.165) is 23.4 Å². The third-order valence-electron chi connectivity index (χ3n) is 3.92. The van der Waals surface area contributed by atoms with Gasteiger partial charge in [-0.05, 0) is 24.1 Å². The molecule has 128 valence electrons. The highest BCUT2D eigenvalue weighted by Crippen LogP contribution is 2.35. The van der Waals surface area contributed by atoms with Gasteiger partial charge in [0, 0.05) is 11.4 Å². The molecule has 2 aromatic carbocycles. The highest BCUT2D eigenvalue weighted by molar-refractivity contribution is 8.00. The lowest BCUT2D eigenvalue weighted by atomic mass is 10.1. The van der Waals surface area contributed by atoms with Gasteiger partial charge in [-0.15, -0.1) is 11.8 Å². The van der Waals surface area contributed by atoms with E-state index >= 15 is 0 Å². The van der Waals surface area contributed by atoms with E-state index in [1.54, 1.807) is 11.8 Å². The van der Waals surface area contributed by atoms with Crippen molar-refractivity contribution in [1.82, 2.24) is 5.32 Å². The number of thioether (sulfide) groups is 1. The number of carbonyl (C=O) groups is 1. The summed E-state index contributed by atoms with van der Waals surface area (Å²) in [5.41, 5.74) is 1.05. The Bertz CT molecular complexity index is 585. The van der Waals surface area contributed by atoms with Crippen molar-refractivity contribution in [3.8, 4) is 0 Å². The molecule has 0 saturated carbocycles. The van der Waals surface area contributed by atoms with E-state index in [-0.39, 0.29) is 11.2 Å². The van der Waals surface area contributed by atoms with Crippen LogP contribution in [-0.4, -0.2) is 12.5 Å². The highest BCUT2D eigenvalue weighted by Gasteiger charge is 2.21. The van der Waals surface area contributed by atoms with Crippen molar-refractivity contribution in [2.45, 2.75) is 49.2 Å². The molecule has 2 aromatic rings. The monoisotopic (exact) mass is 341 g/mol. The zero-order valence-electron chi connectivity index (χ0n) is 14.4. The predicted molar refractivity (Wildman–Crippen MR) is 103 cm³/mol. The topological polar surface area (TPSA) is 29.1 Å². The van der Waals surface area contributed by atoms with Crippen LogP contribution >= 0.6 is 11.8 Å². The molecule has 0 spiro atoms. The fraction of sp³-hybridized carbons (Fsp3) is 0.381. The molecule has 0 aromatic heterocycles. The van der Waals surface area contributed by atoms with Gasteiger partial charge in [-0.25, -0.2) is 0 Å². The molecule has 0 bridgehead atoms. The van der Waals surface area contributed by atoms with Gasteiger partial charge in [-0.3, -0.25) is 4.79 Å². The van der Waals surface area contributed by atoms with Gasteiger partial charge < -0.3 is 5.32 Å². The van der Waals surface area contributed by atoms with Gasteiger partial charge >= 0.3 is 0 Å². The van der Waals surface area contributed by atoms with Crippen LogP contribution in [0.25, 0.3) is 0 Å². The Hall–Kier alpha value is -1.74. The van der Waals surface area contributed by atoms with E-state index in [1.165, 1.54) is 25.7 Å². The van der Waals surface area contributed by atoms with E-state index in [9.17, 15) is 4.79 Å². The van der Waals surface area contributed by atoms with Gasteiger partial charge in [-0.1, -0.05) is 81.1 Å². The quantitative estimate of drug-likeness (QED) is 0.450. The van der Waals surface area contributed by atoms with Gasteiger partial charge in [0.05, 0.1) is 0 Å². The highest BCUT2D eigenvalue weighted by atomic mass is 32.2. The lowest BCUT2D eigenvalue weighted by Crippen LogP contribution is -2.28. The molecule has 3 heteroatoms. The van der Waals surface area contributed by atoms with Gasteiger partial charge in [0.2, 0.25) is 5.91 Å². The predicted octanol–water partition coefficient (Wildman–Crippen LogP) is 5.61. The first kappa shape index (κ1) is 18.6. The molecular formula is C21H27NOS. The third kappa shape index (κ3) is 6.40. The molecule has 0 fully saturated rings. The average Bonchev–Trinajstić information content (AvgIpc) is 2.64. The second kappa shape index (κ2) is 10.9. The Morgan fingerprint density at radius 2 is 1.54 bits per heavy atom. The Balaban J connectivity index is 1.94. The molecule has 1 N–H and O–H groups in total. The van der Waals surface area contributed by atoms with Crippen LogP contribution in [0.5, 0.6) is 0 Å². The van der Waals surface area contributed by atoms with Crippen molar-refractivity contribution in [2.75, 3.05) is 6.54 Å². The minimum absolute atomic E-state index is 0.102. The summed E-state index contributed by atoms with van der Waals surface area (Å²) in [4.78, 5) is 13.8. The number of rotatable bonds is 10. The summed E-state index contributed by atoms with van der Waals surface area (Å²) in [7, 11) is 0. The van der Waals surface area contributed by atoms with Crippen molar-refractivity contribution < 1.29 is 4.79 Å². The summed E-state index contributed by atoms with van der Waals surface area (Å²) in [6.07, 6.45) is 6.03. The standard InChI is InChI=1S/C21H27NOS/c1-2-3-4-5-12-17-22-21(23)20(18-13-8-6-9-14-18)24-19-15-10-7-11-16-19/h6-11,13-16,20H,2-5,12,17H2,1H3,(H,22,23). The molecule has 0 aliphatic heterocycles. The summed E-state index contributed by atoms with van der Waals surface area (Å²) in [6, 6.07) is 20.2. The molecule has 24 heavy (non-hydrogen) atoms. The number of hydrogen-bond acceptors (Lipinski definition) is 2. The number of hydrogen-bond donors (Lipinski definition) is 1. The molecule has 0 aliphatic rings. The Morgan fingerprint density at radius 3 is 2.21 bits per heavy atom. The van der Waals surface area contributed by atoms with Crippen molar-refractivity contribution in [3.05, 3.63) is 66.2 Å². The number of nitrogens with one attached hydrogen (secondary N) is 1. The van der Waals surface area contributed by atoms with Crippen molar-refractivity contribution in [3.63, 3.8) is 0 Å². The molecule has 2 rings (SSSR count). The van der Waals surface area contributed by atoms with E-state index in [2.05, 4.69) is 24.4 Å². The second-order valence-electron chi connectivity index (χ2n) is 5.93. The smallest absolute Gasteiger partial charge is 0.237 e. The SMILES string of the molecule is CCCCCCCNC(=O)C(Sc1ccccc1)c1ccccc1. The third-order valence-corrected chi connectivity index (χ3v) is 5.18. The minimum atomic E-state index is -0.204. The summed E-state index contributed by atoms with van der Waals surface area (Å²) < 4.78 is 0. The maximum absolute atomic E-state index is 12.7. The van der Waals surface area contributed by atoms with Crippen LogP contribution in [0.3, 0.4) is 0 Å². The molecule has 0 heterocycles. The van der Waals surface area contributed by atoms with Crippen molar-refractivity contribution >= 4 is 17.7 Å². The summed E-state index contributed by atoms with van der Waals surface area (Å²) >= 11 is 1.61. The van der Waals surface area contributed by atoms with Crippen LogP contribution in [0.4, 0.5) is 0 Å². The zero-order chi connectivity index (χ0) is 17.0. The van der Waals surface area contributed by atoms with Gasteiger partial charge in [0.25, 0.3) is 0 Å². The van der Waals surface area contributed by atoms with E-state index in [4.69, 9.17) is 0 Å². The minimum Gasteiger partial charge on any atom is -0.355 e. The average molecular weight is 342 g/mol. The zero-order valence-corrected chi connectivity index (χ0v) is 15.2. The van der Waals surface area contributed by atoms with Crippen molar-refractivity contribution in [2.24, 2.45) is 0 Å². The molecule has 2 nitrogen and oxygen atoms in total. The fourth-order valence-corrected chi connectivity index (χ4v) is 3.64. The summed E-state index contributed by atoms with van der Waals surface area (Å²) in [6.45, 7) is 2.98. The second-order valence-corrected chi connectivity index (χ2v) is 7.11.